The molecule has 0 fully saturated rings. The molecule has 0 N–H and O–H groups in total. The monoisotopic (exact) mass is 156 g/mol. The molecule has 0 amide bonds. The Balaban J connectivity index is 2.65. The van der Waals surface area contributed by atoms with E-state index in [1.165, 1.54) is 32.1 Å². The quantitative estimate of drug-likeness (QED) is 0.392. The summed E-state index contributed by atoms with van der Waals surface area (Å²) in [5.41, 5.74) is 0. The van der Waals surface area contributed by atoms with E-state index in [0.29, 0.717) is 0 Å². The van der Waals surface area contributed by atoms with Crippen LogP contribution in [0.1, 0.15) is 45.4 Å². The van der Waals surface area contributed by atoms with Crippen molar-refractivity contribution in [3.63, 3.8) is 0 Å². The molecule has 58 valence electrons. The van der Waals surface area contributed by atoms with E-state index in [2.05, 4.69) is 6.92 Å². The third-order valence-electron chi connectivity index (χ3n) is 1.74. The van der Waals surface area contributed by atoms with Crippen molar-refractivity contribution in [3.8, 4) is 0 Å². The smallest absolute Gasteiger partial charge is 0.486 e. The van der Waals surface area contributed by atoms with Crippen molar-refractivity contribution in [2.75, 3.05) is 0 Å². The molecular formula is C8H17FMg. The number of halogens is 1. The minimum Gasteiger partial charge on any atom is -0.486 e. The number of rotatable bonds is 7. The predicted octanol–water partition coefficient (Wildman–Crippen LogP) is 3.35. The van der Waals surface area contributed by atoms with Gasteiger partial charge in [-0.1, -0.05) is 45.4 Å². The number of hydrogen-bond acceptors (Lipinski definition) is 0. The lowest BCUT2D eigenvalue weighted by molar-refractivity contribution is 0.621. The molecule has 0 nitrogen and oxygen atoms in total. The fourth-order valence-corrected chi connectivity index (χ4v) is 1.59. The molecule has 0 aromatic carbocycles. The summed E-state index contributed by atoms with van der Waals surface area (Å²) in [5.74, 6) is 0. The molecule has 0 saturated heterocycles. The van der Waals surface area contributed by atoms with E-state index in [9.17, 15) is 2.96 Å². The molecule has 0 atom stereocenters. The van der Waals surface area contributed by atoms with Gasteiger partial charge in [-0.15, -0.1) is 4.55 Å². The van der Waals surface area contributed by atoms with Crippen LogP contribution in [-0.2, 0) is 0 Å². The molecule has 0 aliphatic rings. The van der Waals surface area contributed by atoms with Crippen LogP contribution in [0.25, 0.3) is 0 Å². The standard InChI is InChI=1S/C8H17.FH.Mg/c1-3-5-7-8-6-4-2;;/h1,3-8H2,2H3;1H;/q;;+1/p-1. The van der Waals surface area contributed by atoms with Gasteiger partial charge in [-0.05, 0) is 0 Å². The fourth-order valence-electron chi connectivity index (χ4n) is 1.05. The Labute approximate surface area is 74.0 Å². The Hall–Kier alpha value is 0.696. The van der Waals surface area contributed by atoms with E-state index >= 15 is 0 Å². The maximum Gasteiger partial charge on any atom is 0.614 e. The maximum absolute atomic E-state index is 11.7. The Morgan fingerprint density at radius 2 is 1.60 bits per heavy atom. The summed E-state index contributed by atoms with van der Waals surface area (Å²) in [5, 5.41) is 0. The zero-order chi connectivity index (χ0) is 7.66. The lowest BCUT2D eigenvalue weighted by atomic mass is 10.1. The molecule has 10 heavy (non-hydrogen) atoms. The van der Waals surface area contributed by atoms with Crippen molar-refractivity contribution in [1.29, 1.82) is 0 Å². The van der Waals surface area contributed by atoms with E-state index in [-0.39, 0.29) is 0 Å². The normalized spacial score (nSPS) is 9.40. The van der Waals surface area contributed by atoms with Crippen LogP contribution >= 0.6 is 0 Å². The summed E-state index contributed by atoms with van der Waals surface area (Å²) in [4.78, 5) is 0. The summed E-state index contributed by atoms with van der Waals surface area (Å²) in [6.45, 7) is 2.22. The van der Waals surface area contributed by atoms with E-state index in [4.69, 9.17) is 0 Å². The zero-order valence-electron chi connectivity index (χ0n) is 7.03. The number of hydrogen-bond donors (Lipinski definition) is 0. The van der Waals surface area contributed by atoms with Crippen molar-refractivity contribution < 1.29 is 2.96 Å². The summed E-state index contributed by atoms with van der Waals surface area (Å²) >= 11 is -1.13. The van der Waals surface area contributed by atoms with E-state index in [1.54, 1.807) is 0 Å². The van der Waals surface area contributed by atoms with Gasteiger partial charge in [-0.3, -0.25) is 0 Å². The van der Waals surface area contributed by atoms with Crippen molar-refractivity contribution in [2.45, 2.75) is 50.0 Å². The average molecular weight is 157 g/mol. The molecule has 0 radical (unpaired) electrons. The van der Waals surface area contributed by atoms with Gasteiger partial charge < -0.3 is 2.96 Å². The highest BCUT2D eigenvalue weighted by molar-refractivity contribution is 6.25. The van der Waals surface area contributed by atoms with E-state index in [1.807, 2.05) is 0 Å². The molecule has 0 aliphatic heterocycles. The molecule has 0 spiro atoms. The first-order valence-corrected chi connectivity index (χ1v) is 6.01. The maximum atomic E-state index is 11.7. The van der Waals surface area contributed by atoms with Crippen LogP contribution in [0.15, 0.2) is 0 Å². The summed E-state index contributed by atoms with van der Waals surface area (Å²) < 4.78 is 12.6. The van der Waals surface area contributed by atoms with Crippen LogP contribution in [0.2, 0.25) is 4.55 Å². The lowest BCUT2D eigenvalue weighted by Gasteiger charge is -1.96. The lowest BCUT2D eigenvalue weighted by Crippen LogP contribution is -1.81. The molecule has 0 aromatic rings. The SMILES string of the molecule is CCCCCCC[CH2][Mg][F]. The van der Waals surface area contributed by atoms with Crippen LogP contribution < -0.4 is 0 Å². The first-order chi connectivity index (χ1) is 4.91. The highest BCUT2D eigenvalue weighted by Crippen LogP contribution is 2.06. The van der Waals surface area contributed by atoms with Gasteiger partial charge in [0.2, 0.25) is 0 Å². The van der Waals surface area contributed by atoms with Gasteiger partial charge in [0.15, 0.2) is 0 Å². The fraction of sp³-hybridized carbons (Fsp3) is 1.00. The second-order valence-corrected chi connectivity index (χ2v) is 3.90. The molecule has 2 heteroatoms. The molecule has 0 aromatic heterocycles. The first kappa shape index (κ1) is 10.7. The molecule has 0 saturated carbocycles. The molecule has 0 heterocycles. The van der Waals surface area contributed by atoms with E-state index in [0.717, 1.165) is 11.0 Å². The predicted molar refractivity (Wildman–Crippen MR) is 45.0 cm³/mol. The van der Waals surface area contributed by atoms with Crippen molar-refractivity contribution in [1.82, 2.24) is 0 Å². The van der Waals surface area contributed by atoms with Gasteiger partial charge >= 0.3 is 20.9 Å². The Kier molecular flexibility index (Phi) is 10.4. The summed E-state index contributed by atoms with van der Waals surface area (Å²) in [7, 11) is 0. The minimum atomic E-state index is -1.13. The van der Waals surface area contributed by atoms with Crippen molar-refractivity contribution in [3.05, 3.63) is 0 Å². The summed E-state index contributed by atoms with van der Waals surface area (Å²) in [6.07, 6.45) is 7.74. The zero-order valence-corrected chi connectivity index (χ0v) is 8.45. The highest BCUT2D eigenvalue weighted by Gasteiger charge is 1.93. The minimum absolute atomic E-state index is 0.909. The van der Waals surface area contributed by atoms with Crippen LogP contribution in [0.5, 0.6) is 0 Å². The second-order valence-electron chi connectivity index (χ2n) is 2.81. The Morgan fingerprint density at radius 1 is 1.00 bits per heavy atom. The van der Waals surface area contributed by atoms with Crippen LogP contribution in [0.4, 0.5) is 2.96 Å². The molecular weight excluding hydrogens is 139 g/mol. The first-order valence-electron chi connectivity index (χ1n) is 4.47. The molecule has 0 rings (SSSR count). The van der Waals surface area contributed by atoms with Crippen LogP contribution in [0, 0.1) is 0 Å². The van der Waals surface area contributed by atoms with Gasteiger partial charge in [0.25, 0.3) is 0 Å². The van der Waals surface area contributed by atoms with Gasteiger partial charge in [0, 0.05) is 0 Å². The Morgan fingerprint density at radius 3 is 2.20 bits per heavy atom. The van der Waals surface area contributed by atoms with Gasteiger partial charge in [0.05, 0.1) is 0 Å². The van der Waals surface area contributed by atoms with Gasteiger partial charge in [0.1, 0.15) is 0 Å². The Bertz CT molecular complexity index is 49.2. The summed E-state index contributed by atoms with van der Waals surface area (Å²) in [6, 6.07) is 0. The van der Waals surface area contributed by atoms with Gasteiger partial charge in [-0.2, -0.15) is 0 Å². The van der Waals surface area contributed by atoms with E-state index < -0.39 is 20.9 Å². The highest BCUT2D eigenvalue weighted by atomic mass is 24.6. The average Bonchev–Trinajstić information content (AvgIpc) is 1.97. The molecule has 0 unspecified atom stereocenters. The van der Waals surface area contributed by atoms with Crippen LogP contribution in [0.3, 0.4) is 0 Å². The third-order valence-corrected chi connectivity index (χ3v) is 2.50. The topological polar surface area (TPSA) is 0 Å². The van der Waals surface area contributed by atoms with Crippen molar-refractivity contribution >= 4 is 20.9 Å². The van der Waals surface area contributed by atoms with Gasteiger partial charge in [-0.25, -0.2) is 0 Å². The molecule has 0 bridgehead atoms. The third kappa shape index (κ3) is 8.70. The second kappa shape index (κ2) is 9.70. The largest absolute Gasteiger partial charge is 0.614 e. The van der Waals surface area contributed by atoms with Crippen molar-refractivity contribution in [2.24, 2.45) is 0 Å². The number of unbranched alkanes of at least 4 members (excludes halogenated alkanes) is 5. The molecule has 0 aliphatic carbocycles. The van der Waals surface area contributed by atoms with Crippen LogP contribution in [-0.4, -0.2) is 20.9 Å².